The van der Waals surface area contributed by atoms with Gasteiger partial charge in [0.25, 0.3) is 5.91 Å². The normalized spacial score (nSPS) is 12.5. The molecule has 6 heteroatoms. The lowest BCUT2D eigenvalue weighted by Crippen LogP contribution is -2.25. The second kappa shape index (κ2) is 6.57. The van der Waals surface area contributed by atoms with Crippen molar-refractivity contribution in [2.24, 2.45) is 0 Å². The topological polar surface area (TPSA) is 92.9 Å². The van der Waals surface area contributed by atoms with Crippen LogP contribution < -0.4 is 5.32 Å². The summed E-state index contributed by atoms with van der Waals surface area (Å²) in [4.78, 5) is 18.6. The number of benzene rings is 1. The number of hydrogen-bond donors (Lipinski definition) is 2. The van der Waals surface area contributed by atoms with Gasteiger partial charge < -0.3 is 15.6 Å². The molecular formula is C19H17N5O. The van der Waals surface area contributed by atoms with Crippen molar-refractivity contribution in [3.05, 3.63) is 59.3 Å². The quantitative estimate of drug-likeness (QED) is 0.651. The maximum atomic E-state index is 12.6. The van der Waals surface area contributed by atoms with E-state index in [4.69, 9.17) is 10.7 Å². The summed E-state index contributed by atoms with van der Waals surface area (Å²) in [5, 5.41) is 19.4. The highest BCUT2D eigenvalue weighted by Crippen LogP contribution is 2.33. The number of rotatable bonds is 5. The van der Waals surface area contributed by atoms with Crippen LogP contribution >= 0.6 is 0 Å². The zero-order valence-electron chi connectivity index (χ0n) is 13.8. The maximum absolute atomic E-state index is 12.6. The number of carbonyl (C=O) groups excluding carboxylic acids is 1. The molecule has 2 N–H and O–H groups in total. The maximum Gasteiger partial charge on any atom is 0.254 e. The summed E-state index contributed by atoms with van der Waals surface area (Å²) in [5.41, 5.74) is 5.00. The molecule has 0 spiro atoms. The van der Waals surface area contributed by atoms with Crippen molar-refractivity contribution in [1.29, 1.82) is 10.7 Å². The van der Waals surface area contributed by atoms with Gasteiger partial charge in [-0.2, -0.15) is 5.26 Å². The van der Waals surface area contributed by atoms with Crippen LogP contribution in [0.2, 0.25) is 0 Å². The van der Waals surface area contributed by atoms with Gasteiger partial charge in [0, 0.05) is 54.0 Å². The Morgan fingerprint density at radius 2 is 2.28 bits per heavy atom. The van der Waals surface area contributed by atoms with Gasteiger partial charge in [-0.05, 0) is 17.7 Å². The van der Waals surface area contributed by atoms with E-state index in [1.165, 1.54) is 6.21 Å². The highest BCUT2D eigenvalue weighted by Gasteiger charge is 2.30. The minimum Gasteiger partial charge on any atom is -0.387 e. The zero-order chi connectivity index (χ0) is 18.0. The first-order valence-electron chi connectivity index (χ1n) is 7.76. The molecule has 2 heterocycles. The molecular weight excluding hydrogens is 314 g/mol. The summed E-state index contributed by atoms with van der Waals surface area (Å²) in [5.74, 6) is -0.0989. The van der Waals surface area contributed by atoms with Crippen LogP contribution in [0.4, 0.5) is 5.69 Å². The third kappa shape index (κ3) is 2.88. The first kappa shape index (κ1) is 16.4. The molecule has 0 saturated heterocycles. The molecule has 0 saturated carbocycles. The average Bonchev–Trinajstić information content (AvgIpc) is 2.96. The van der Waals surface area contributed by atoms with Gasteiger partial charge in [-0.3, -0.25) is 9.78 Å². The van der Waals surface area contributed by atoms with Crippen LogP contribution in [-0.2, 0) is 6.54 Å². The van der Waals surface area contributed by atoms with Gasteiger partial charge >= 0.3 is 0 Å². The van der Waals surface area contributed by atoms with E-state index in [1.54, 1.807) is 24.2 Å². The van der Waals surface area contributed by atoms with E-state index in [9.17, 15) is 4.79 Å². The fourth-order valence-corrected chi connectivity index (χ4v) is 2.97. The molecule has 1 aromatic heterocycles. The predicted octanol–water partition coefficient (Wildman–Crippen LogP) is 2.82. The van der Waals surface area contributed by atoms with Gasteiger partial charge in [-0.1, -0.05) is 18.7 Å². The number of hydrogen-bond acceptors (Lipinski definition) is 5. The SMILES string of the molecule is C=C(C#N)CN1Cc2c(cccc2-c2cc(NC)c(C=N)cn2)C1=O. The molecule has 1 amide bonds. The summed E-state index contributed by atoms with van der Waals surface area (Å²) in [6, 6.07) is 9.41. The molecule has 0 unspecified atom stereocenters. The number of anilines is 1. The lowest BCUT2D eigenvalue weighted by atomic mass is 9.99. The van der Waals surface area contributed by atoms with Crippen LogP contribution in [-0.4, -0.2) is 35.6 Å². The number of fused-ring (bicyclic) bond motifs is 1. The molecule has 0 radical (unpaired) electrons. The summed E-state index contributed by atoms with van der Waals surface area (Å²) in [6.45, 7) is 4.31. The Morgan fingerprint density at radius 1 is 1.52 bits per heavy atom. The van der Waals surface area contributed by atoms with Gasteiger partial charge in [-0.15, -0.1) is 0 Å². The number of nitrogens with zero attached hydrogens (tertiary/aromatic N) is 3. The third-order valence-corrected chi connectivity index (χ3v) is 4.22. The van der Waals surface area contributed by atoms with Crippen LogP contribution in [0.5, 0.6) is 0 Å². The second-order valence-electron chi connectivity index (χ2n) is 5.76. The fraction of sp³-hybridized carbons (Fsp3) is 0.158. The van der Waals surface area contributed by atoms with E-state index in [0.29, 0.717) is 23.2 Å². The average molecular weight is 331 g/mol. The molecule has 1 aromatic carbocycles. The van der Waals surface area contributed by atoms with Crippen molar-refractivity contribution in [2.75, 3.05) is 18.9 Å². The molecule has 0 atom stereocenters. The predicted molar refractivity (Wildman–Crippen MR) is 96.6 cm³/mol. The van der Waals surface area contributed by atoms with Gasteiger partial charge in [0.15, 0.2) is 0 Å². The minimum absolute atomic E-state index is 0.0989. The Morgan fingerprint density at radius 3 is 2.96 bits per heavy atom. The summed E-state index contributed by atoms with van der Waals surface area (Å²) in [6.07, 6.45) is 2.89. The number of nitriles is 1. The highest BCUT2D eigenvalue weighted by molar-refractivity contribution is 6.00. The largest absolute Gasteiger partial charge is 0.387 e. The summed E-state index contributed by atoms with van der Waals surface area (Å²) in [7, 11) is 1.79. The van der Waals surface area contributed by atoms with Gasteiger partial charge in [0.1, 0.15) is 0 Å². The number of amides is 1. The van der Waals surface area contributed by atoms with Crippen molar-refractivity contribution in [3.8, 4) is 17.3 Å². The number of nitrogens with one attached hydrogen (secondary N) is 2. The zero-order valence-corrected chi connectivity index (χ0v) is 13.8. The van der Waals surface area contributed by atoms with Gasteiger partial charge in [-0.25, -0.2) is 0 Å². The van der Waals surface area contributed by atoms with E-state index in [1.807, 2.05) is 24.3 Å². The first-order valence-corrected chi connectivity index (χ1v) is 7.76. The molecule has 0 aliphatic carbocycles. The van der Waals surface area contributed by atoms with E-state index in [0.717, 1.165) is 22.5 Å². The third-order valence-electron chi connectivity index (χ3n) is 4.22. The Labute approximate surface area is 145 Å². The lowest BCUT2D eigenvalue weighted by molar-refractivity contribution is 0.0794. The molecule has 25 heavy (non-hydrogen) atoms. The van der Waals surface area contributed by atoms with Crippen LogP contribution in [0.15, 0.2) is 42.6 Å². The number of pyridine rings is 1. The monoisotopic (exact) mass is 331 g/mol. The summed E-state index contributed by atoms with van der Waals surface area (Å²) < 4.78 is 0. The first-order chi connectivity index (χ1) is 12.1. The van der Waals surface area contributed by atoms with Crippen molar-refractivity contribution in [3.63, 3.8) is 0 Å². The Bertz CT molecular complexity index is 926. The van der Waals surface area contributed by atoms with E-state index in [-0.39, 0.29) is 12.5 Å². The number of aromatic nitrogens is 1. The van der Waals surface area contributed by atoms with Crippen molar-refractivity contribution in [1.82, 2.24) is 9.88 Å². The van der Waals surface area contributed by atoms with Gasteiger partial charge in [0.2, 0.25) is 0 Å². The minimum atomic E-state index is -0.0989. The molecule has 124 valence electrons. The van der Waals surface area contributed by atoms with Crippen LogP contribution in [0.1, 0.15) is 21.5 Å². The molecule has 6 nitrogen and oxygen atoms in total. The number of carbonyl (C=O) groups is 1. The fourth-order valence-electron chi connectivity index (χ4n) is 2.97. The molecule has 0 fully saturated rings. The molecule has 1 aliphatic heterocycles. The Kier molecular flexibility index (Phi) is 4.31. The van der Waals surface area contributed by atoms with E-state index >= 15 is 0 Å². The van der Waals surface area contributed by atoms with Gasteiger partial charge in [0.05, 0.1) is 18.3 Å². The van der Waals surface area contributed by atoms with E-state index in [2.05, 4.69) is 16.9 Å². The summed E-state index contributed by atoms with van der Waals surface area (Å²) >= 11 is 0. The second-order valence-corrected chi connectivity index (χ2v) is 5.76. The standard InChI is InChI=1S/C19H17N5O/c1-12(7-20)10-24-11-16-14(4-3-5-15(16)19(24)25)18-6-17(22-2)13(8-21)9-23-18/h3-6,8-9,21H,1,10-11H2,2H3,(H,22,23). The van der Waals surface area contributed by atoms with Crippen LogP contribution in [0.25, 0.3) is 11.3 Å². The van der Waals surface area contributed by atoms with Crippen LogP contribution in [0, 0.1) is 16.7 Å². The molecule has 3 rings (SSSR count). The Hall–Kier alpha value is -3.46. The lowest BCUT2D eigenvalue weighted by Gasteiger charge is -2.14. The van der Waals surface area contributed by atoms with Crippen molar-refractivity contribution < 1.29 is 4.79 Å². The smallest absolute Gasteiger partial charge is 0.254 e. The van der Waals surface area contributed by atoms with Crippen molar-refractivity contribution in [2.45, 2.75) is 6.54 Å². The van der Waals surface area contributed by atoms with Crippen LogP contribution in [0.3, 0.4) is 0 Å². The highest BCUT2D eigenvalue weighted by atomic mass is 16.2. The molecule has 0 bridgehead atoms. The van der Waals surface area contributed by atoms with E-state index < -0.39 is 0 Å². The molecule has 2 aromatic rings. The Balaban J connectivity index is 2.03. The van der Waals surface area contributed by atoms with Crippen molar-refractivity contribution >= 4 is 17.8 Å². The molecule has 1 aliphatic rings.